The standard InChI is InChI=1S/C21H24FN3O4S/c1-14(26)25-11-10-15-12-18(8-9-19(15)25)30(28,29)24-17-6-4-16(5-7-17)23-20(27)21(2,3)13-22/h4-9,12,24H,10-11,13H2,1-3H3,(H,23,27). The fourth-order valence-electron chi connectivity index (χ4n) is 3.07. The van der Waals surface area contributed by atoms with Gasteiger partial charge in [0.1, 0.15) is 6.67 Å². The van der Waals surface area contributed by atoms with Gasteiger partial charge in [0.05, 0.1) is 10.3 Å². The molecule has 0 bridgehead atoms. The molecular formula is C21H24FN3O4S. The number of alkyl halides is 1. The highest BCUT2D eigenvalue weighted by Gasteiger charge is 2.28. The zero-order chi connectivity index (χ0) is 22.1. The Balaban J connectivity index is 1.73. The van der Waals surface area contributed by atoms with E-state index in [1.807, 2.05) is 0 Å². The molecule has 3 rings (SSSR count). The fourth-order valence-corrected chi connectivity index (χ4v) is 4.18. The third-order valence-electron chi connectivity index (χ3n) is 4.98. The van der Waals surface area contributed by atoms with Crippen LogP contribution in [-0.2, 0) is 26.0 Å². The van der Waals surface area contributed by atoms with Crippen LogP contribution in [0.15, 0.2) is 47.4 Å². The van der Waals surface area contributed by atoms with Gasteiger partial charge in [0.15, 0.2) is 0 Å². The zero-order valence-corrected chi connectivity index (χ0v) is 17.8. The second-order valence-corrected chi connectivity index (χ2v) is 9.55. The van der Waals surface area contributed by atoms with Gasteiger partial charge in [-0.1, -0.05) is 0 Å². The number of benzene rings is 2. The van der Waals surface area contributed by atoms with Crippen LogP contribution < -0.4 is 14.9 Å². The van der Waals surface area contributed by atoms with Crippen molar-refractivity contribution < 1.29 is 22.4 Å². The molecule has 0 saturated carbocycles. The lowest BCUT2D eigenvalue weighted by Crippen LogP contribution is -2.32. The van der Waals surface area contributed by atoms with E-state index in [0.717, 1.165) is 11.3 Å². The maximum Gasteiger partial charge on any atom is 0.261 e. The largest absolute Gasteiger partial charge is 0.326 e. The number of halogens is 1. The molecule has 1 aliphatic rings. The minimum Gasteiger partial charge on any atom is -0.326 e. The maximum absolute atomic E-state index is 12.9. The first-order chi connectivity index (χ1) is 14.0. The first-order valence-corrected chi connectivity index (χ1v) is 10.9. The Kier molecular flexibility index (Phi) is 5.85. The predicted octanol–water partition coefficient (Wildman–Crippen LogP) is 3.33. The van der Waals surface area contributed by atoms with Crippen molar-refractivity contribution in [3.05, 3.63) is 48.0 Å². The second kappa shape index (κ2) is 8.06. The van der Waals surface area contributed by atoms with E-state index in [1.165, 1.54) is 51.1 Å². The molecule has 2 aromatic rings. The molecule has 0 aromatic heterocycles. The lowest BCUT2D eigenvalue weighted by Gasteiger charge is -2.19. The Hall–Kier alpha value is -2.94. The van der Waals surface area contributed by atoms with Crippen molar-refractivity contribution in [1.29, 1.82) is 0 Å². The number of hydrogen-bond donors (Lipinski definition) is 2. The molecular weight excluding hydrogens is 409 g/mol. The highest BCUT2D eigenvalue weighted by atomic mass is 32.2. The van der Waals surface area contributed by atoms with Crippen LogP contribution in [0.2, 0.25) is 0 Å². The minimum atomic E-state index is -3.83. The van der Waals surface area contributed by atoms with Gasteiger partial charge < -0.3 is 10.2 Å². The van der Waals surface area contributed by atoms with Crippen LogP contribution in [0.3, 0.4) is 0 Å². The Morgan fingerprint density at radius 1 is 1.10 bits per heavy atom. The minimum absolute atomic E-state index is 0.0791. The van der Waals surface area contributed by atoms with Crippen molar-refractivity contribution in [2.75, 3.05) is 28.2 Å². The number of sulfonamides is 1. The van der Waals surface area contributed by atoms with Crippen LogP contribution in [0.4, 0.5) is 21.5 Å². The molecule has 1 heterocycles. The molecule has 9 heteroatoms. The molecule has 0 saturated heterocycles. The van der Waals surface area contributed by atoms with Gasteiger partial charge in [-0.15, -0.1) is 0 Å². The summed E-state index contributed by atoms with van der Waals surface area (Å²) in [6.07, 6.45) is 0.599. The van der Waals surface area contributed by atoms with E-state index in [0.29, 0.717) is 24.3 Å². The van der Waals surface area contributed by atoms with E-state index in [1.54, 1.807) is 17.0 Å². The third-order valence-corrected chi connectivity index (χ3v) is 6.36. The van der Waals surface area contributed by atoms with Gasteiger partial charge in [-0.3, -0.25) is 14.3 Å². The molecule has 0 unspecified atom stereocenters. The van der Waals surface area contributed by atoms with Crippen molar-refractivity contribution in [2.24, 2.45) is 5.41 Å². The number of nitrogens with zero attached hydrogens (tertiary/aromatic N) is 1. The van der Waals surface area contributed by atoms with Gasteiger partial charge in [-0.2, -0.15) is 0 Å². The fraction of sp³-hybridized carbons (Fsp3) is 0.333. The Bertz CT molecular complexity index is 1080. The Labute approximate surface area is 175 Å². The average molecular weight is 434 g/mol. The number of carbonyl (C=O) groups excluding carboxylic acids is 2. The molecule has 30 heavy (non-hydrogen) atoms. The second-order valence-electron chi connectivity index (χ2n) is 7.87. The normalized spacial score (nSPS) is 13.7. The van der Waals surface area contributed by atoms with Crippen molar-refractivity contribution in [2.45, 2.75) is 32.1 Å². The van der Waals surface area contributed by atoms with Crippen LogP contribution in [-0.4, -0.2) is 33.5 Å². The van der Waals surface area contributed by atoms with Gasteiger partial charge in [0.2, 0.25) is 11.8 Å². The third kappa shape index (κ3) is 4.46. The summed E-state index contributed by atoms with van der Waals surface area (Å²) in [5.41, 5.74) is 1.15. The Morgan fingerprint density at radius 3 is 2.33 bits per heavy atom. The van der Waals surface area contributed by atoms with Gasteiger partial charge >= 0.3 is 0 Å². The first-order valence-electron chi connectivity index (χ1n) is 9.45. The lowest BCUT2D eigenvalue weighted by molar-refractivity contribution is -0.124. The smallest absolute Gasteiger partial charge is 0.261 e. The van der Waals surface area contributed by atoms with Gasteiger partial charge in [0, 0.05) is 30.5 Å². The summed E-state index contributed by atoms with van der Waals surface area (Å²) in [7, 11) is -3.83. The average Bonchev–Trinajstić information content (AvgIpc) is 3.12. The van der Waals surface area contributed by atoms with Crippen molar-refractivity contribution in [1.82, 2.24) is 0 Å². The summed E-state index contributed by atoms with van der Waals surface area (Å²) in [5.74, 6) is -0.541. The topological polar surface area (TPSA) is 95.6 Å². The summed E-state index contributed by atoms with van der Waals surface area (Å²) in [6.45, 7) is 4.22. The lowest BCUT2D eigenvalue weighted by atomic mass is 9.94. The molecule has 160 valence electrons. The van der Waals surface area contributed by atoms with Gasteiger partial charge in [-0.25, -0.2) is 12.8 Å². The Morgan fingerprint density at radius 2 is 1.73 bits per heavy atom. The summed E-state index contributed by atoms with van der Waals surface area (Å²) >= 11 is 0. The maximum atomic E-state index is 12.9. The number of fused-ring (bicyclic) bond motifs is 1. The molecule has 2 N–H and O–H groups in total. The number of anilines is 3. The molecule has 2 aromatic carbocycles. The summed E-state index contributed by atoms with van der Waals surface area (Å²) in [4.78, 5) is 25.4. The molecule has 0 atom stereocenters. The molecule has 0 fully saturated rings. The van der Waals surface area contributed by atoms with Crippen LogP contribution in [0, 0.1) is 5.41 Å². The summed E-state index contributed by atoms with van der Waals surface area (Å²) in [6, 6.07) is 10.8. The highest BCUT2D eigenvalue weighted by molar-refractivity contribution is 7.92. The van der Waals surface area contributed by atoms with E-state index in [4.69, 9.17) is 0 Å². The number of rotatable bonds is 6. The van der Waals surface area contributed by atoms with E-state index < -0.39 is 28.0 Å². The monoisotopic (exact) mass is 433 g/mol. The number of amides is 2. The van der Waals surface area contributed by atoms with E-state index in [-0.39, 0.29) is 10.8 Å². The SMILES string of the molecule is CC(=O)N1CCc2cc(S(=O)(=O)Nc3ccc(NC(=O)C(C)(C)CF)cc3)ccc21. The van der Waals surface area contributed by atoms with Crippen molar-refractivity contribution >= 4 is 38.9 Å². The van der Waals surface area contributed by atoms with Gasteiger partial charge in [0.25, 0.3) is 10.0 Å². The van der Waals surface area contributed by atoms with Crippen molar-refractivity contribution in [3.8, 4) is 0 Å². The highest BCUT2D eigenvalue weighted by Crippen LogP contribution is 2.31. The van der Waals surface area contributed by atoms with Crippen LogP contribution in [0.1, 0.15) is 26.3 Å². The molecule has 1 aliphatic heterocycles. The van der Waals surface area contributed by atoms with Crippen LogP contribution in [0.5, 0.6) is 0 Å². The number of nitrogens with one attached hydrogen (secondary N) is 2. The number of hydrogen-bond acceptors (Lipinski definition) is 4. The number of carbonyl (C=O) groups is 2. The molecule has 0 aliphatic carbocycles. The molecule has 0 spiro atoms. The quantitative estimate of drug-likeness (QED) is 0.730. The first kappa shape index (κ1) is 21.8. The van der Waals surface area contributed by atoms with E-state index >= 15 is 0 Å². The van der Waals surface area contributed by atoms with Crippen molar-refractivity contribution in [3.63, 3.8) is 0 Å². The summed E-state index contributed by atoms with van der Waals surface area (Å²) < 4.78 is 40.9. The molecule has 2 amide bonds. The van der Waals surface area contributed by atoms with E-state index in [2.05, 4.69) is 10.0 Å². The predicted molar refractivity (Wildman–Crippen MR) is 114 cm³/mol. The van der Waals surface area contributed by atoms with Gasteiger partial charge in [-0.05, 0) is 68.3 Å². The molecule has 7 nitrogen and oxygen atoms in total. The van der Waals surface area contributed by atoms with Crippen LogP contribution >= 0.6 is 0 Å². The zero-order valence-electron chi connectivity index (χ0n) is 17.0. The van der Waals surface area contributed by atoms with Crippen LogP contribution in [0.25, 0.3) is 0 Å². The summed E-state index contributed by atoms with van der Waals surface area (Å²) in [5, 5.41) is 2.61. The molecule has 0 radical (unpaired) electrons. The van der Waals surface area contributed by atoms with E-state index in [9.17, 15) is 22.4 Å².